The van der Waals surface area contributed by atoms with E-state index in [0.29, 0.717) is 6.04 Å². The first-order valence-corrected chi connectivity index (χ1v) is 7.94. The van der Waals surface area contributed by atoms with Gasteiger partial charge in [0.1, 0.15) is 0 Å². The molecule has 2 rings (SSSR count). The van der Waals surface area contributed by atoms with Gasteiger partial charge in [-0.05, 0) is 39.7 Å². The van der Waals surface area contributed by atoms with Gasteiger partial charge in [0.05, 0.1) is 16.4 Å². The molecule has 1 N–H and O–H groups in total. The van der Waals surface area contributed by atoms with Crippen molar-refractivity contribution in [2.75, 3.05) is 7.05 Å². The topological polar surface area (TPSA) is 29.9 Å². The molecule has 1 aromatic heterocycles. The minimum atomic E-state index is 0.527. The molecule has 108 valence electrons. The van der Waals surface area contributed by atoms with Gasteiger partial charge in [-0.3, -0.25) is 4.68 Å². The average molecular weight is 284 g/mol. The predicted octanol–water partition coefficient (Wildman–Crippen LogP) is 3.58. The van der Waals surface area contributed by atoms with E-state index in [1.807, 2.05) is 6.92 Å². The highest BCUT2D eigenvalue weighted by Gasteiger charge is 2.25. The molecule has 0 saturated heterocycles. The number of nitrogens with zero attached hydrogens (tertiary/aromatic N) is 2. The summed E-state index contributed by atoms with van der Waals surface area (Å²) in [5.74, 6) is 0.787. The van der Waals surface area contributed by atoms with Crippen LogP contribution < -0.4 is 5.32 Å². The highest BCUT2D eigenvalue weighted by atomic mass is 35.5. The first-order chi connectivity index (χ1) is 9.17. The van der Waals surface area contributed by atoms with Crippen molar-refractivity contribution in [2.45, 2.75) is 65.0 Å². The molecule has 0 amide bonds. The molecule has 3 nitrogen and oxygen atoms in total. The van der Waals surface area contributed by atoms with Crippen LogP contribution in [0.1, 0.15) is 50.4 Å². The third-order valence-electron chi connectivity index (χ3n) is 4.46. The van der Waals surface area contributed by atoms with Crippen LogP contribution in [0.5, 0.6) is 0 Å². The number of hydrogen-bond donors (Lipinski definition) is 1. The summed E-state index contributed by atoms with van der Waals surface area (Å²) in [6.07, 6.45) is 7.85. The maximum absolute atomic E-state index is 6.42. The third-order valence-corrected chi connectivity index (χ3v) is 4.95. The minimum Gasteiger partial charge on any atom is -0.316 e. The fourth-order valence-corrected chi connectivity index (χ4v) is 3.53. The van der Waals surface area contributed by atoms with Crippen molar-refractivity contribution >= 4 is 11.6 Å². The van der Waals surface area contributed by atoms with Gasteiger partial charge in [0.15, 0.2) is 0 Å². The van der Waals surface area contributed by atoms with Crippen LogP contribution in [0.2, 0.25) is 5.02 Å². The van der Waals surface area contributed by atoms with Gasteiger partial charge in [0.25, 0.3) is 0 Å². The Balaban J connectivity index is 2.13. The van der Waals surface area contributed by atoms with E-state index < -0.39 is 0 Å². The van der Waals surface area contributed by atoms with E-state index >= 15 is 0 Å². The summed E-state index contributed by atoms with van der Waals surface area (Å²) in [6, 6.07) is 0.527. The van der Waals surface area contributed by atoms with Crippen molar-refractivity contribution in [1.82, 2.24) is 15.1 Å². The molecule has 1 fully saturated rings. The van der Waals surface area contributed by atoms with Gasteiger partial charge in [-0.1, -0.05) is 30.9 Å². The van der Waals surface area contributed by atoms with Crippen molar-refractivity contribution in [3.05, 3.63) is 16.4 Å². The Hall–Kier alpha value is -0.540. The average Bonchev–Trinajstić information content (AvgIpc) is 2.72. The van der Waals surface area contributed by atoms with Crippen molar-refractivity contribution in [1.29, 1.82) is 0 Å². The standard InChI is InChI=1S/C15H26ClN3/c1-4-19-14(15(16)11(2)18-19)10-13(17-3)12-8-6-5-7-9-12/h12-13,17H,4-10H2,1-3H3. The van der Waals surface area contributed by atoms with E-state index in [9.17, 15) is 0 Å². The number of hydrogen-bond acceptors (Lipinski definition) is 2. The molecule has 0 aliphatic heterocycles. The van der Waals surface area contributed by atoms with Gasteiger partial charge in [-0.15, -0.1) is 0 Å². The molecule has 0 spiro atoms. The summed E-state index contributed by atoms with van der Waals surface area (Å²) < 4.78 is 2.06. The summed E-state index contributed by atoms with van der Waals surface area (Å²) in [7, 11) is 2.08. The normalized spacial score (nSPS) is 18.7. The zero-order chi connectivity index (χ0) is 13.8. The Labute approximate surface area is 121 Å². The van der Waals surface area contributed by atoms with Gasteiger partial charge >= 0.3 is 0 Å². The lowest BCUT2D eigenvalue weighted by atomic mass is 9.82. The highest BCUT2D eigenvalue weighted by molar-refractivity contribution is 6.31. The van der Waals surface area contributed by atoms with Crippen LogP contribution in [0.3, 0.4) is 0 Å². The van der Waals surface area contributed by atoms with Crippen molar-refractivity contribution < 1.29 is 0 Å². The van der Waals surface area contributed by atoms with E-state index in [-0.39, 0.29) is 0 Å². The molecular weight excluding hydrogens is 258 g/mol. The summed E-state index contributed by atoms with van der Waals surface area (Å²) >= 11 is 6.42. The van der Waals surface area contributed by atoms with Crippen LogP contribution in [0.15, 0.2) is 0 Å². The second-order valence-corrected chi connectivity index (χ2v) is 6.04. The fraction of sp³-hybridized carbons (Fsp3) is 0.800. The van der Waals surface area contributed by atoms with E-state index in [1.54, 1.807) is 0 Å². The summed E-state index contributed by atoms with van der Waals surface area (Å²) in [5.41, 5.74) is 2.16. The van der Waals surface area contributed by atoms with Crippen molar-refractivity contribution in [3.8, 4) is 0 Å². The summed E-state index contributed by atoms with van der Waals surface area (Å²) in [4.78, 5) is 0. The smallest absolute Gasteiger partial charge is 0.0847 e. The zero-order valence-corrected chi connectivity index (χ0v) is 13.1. The van der Waals surface area contributed by atoms with E-state index in [0.717, 1.165) is 29.6 Å². The van der Waals surface area contributed by atoms with Gasteiger partial charge in [-0.25, -0.2) is 0 Å². The lowest BCUT2D eigenvalue weighted by Gasteiger charge is -2.30. The lowest BCUT2D eigenvalue weighted by molar-refractivity contribution is 0.273. The highest BCUT2D eigenvalue weighted by Crippen LogP contribution is 2.30. The van der Waals surface area contributed by atoms with Gasteiger partial charge in [0, 0.05) is 19.0 Å². The van der Waals surface area contributed by atoms with E-state index in [2.05, 4.69) is 29.1 Å². The molecule has 4 heteroatoms. The number of aromatic nitrogens is 2. The Morgan fingerprint density at radius 2 is 2.05 bits per heavy atom. The van der Waals surface area contributed by atoms with Crippen LogP contribution in [-0.4, -0.2) is 22.9 Å². The van der Waals surface area contributed by atoms with Crippen LogP contribution in [0.4, 0.5) is 0 Å². The van der Waals surface area contributed by atoms with Crippen LogP contribution in [0.25, 0.3) is 0 Å². The Morgan fingerprint density at radius 3 is 2.63 bits per heavy atom. The molecule has 1 saturated carbocycles. The summed E-state index contributed by atoms with van der Waals surface area (Å²) in [6.45, 7) is 5.01. The Morgan fingerprint density at radius 1 is 1.37 bits per heavy atom. The predicted molar refractivity (Wildman–Crippen MR) is 80.8 cm³/mol. The molecule has 1 aliphatic carbocycles. The molecule has 19 heavy (non-hydrogen) atoms. The molecule has 1 unspecified atom stereocenters. The molecule has 0 bridgehead atoms. The number of aryl methyl sites for hydroxylation is 2. The molecule has 1 aromatic rings. The van der Waals surface area contributed by atoms with Crippen molar-refractivity contribution in [2.24, 2.45) is 5.92 Å². The second kappa shape index (κ2) is 6.76. The fourth-order valence-electron chi connectivity index (χ4n) is 3.31. The maximum atomic E-state index is 6.42. The molecule has 0 aromatic carbocycles. The Kier molecular flexibility index (Phi) is 5.28. The Bertz CT molecular complexity index is 408. The third kappa shape index (κ3) is 3.32. The molecule has 0 radical (unpaired) electrons. The summed E-state index contributed by atoms with van der Waals surface area (Å²) in [5, 5.41) is 8.89. The minimum absolute atomic E-state index is 0.527. The van der Waals surface area contributed by atoms with E-state index in [1.165, 1.54) is 37.8 Å². The van der Waals surface area contributed by atoms with Gasteiger partial charge in [-0.2, -0.15) is 5.10 Å². The monoisotopic (exact) mass is 283 g/mol. The largest absolute Gasteiger partial charge is 0.316 e. The van der Waals surface area contributed by atoms with Gasteiger partial charge < -0.3 is 5.32 Å². The first kappa shape index (κ1) is 14.9. The molecule has 1 heterocycles. The number of nitrogens with one attached hydrogen (secondary N) is 1. The quantitative estimate of drug-likeness (QED) is 0.895. The molecule has 1 atom stereocenters. The van der Waals surface area contributed by atoms with Crippen LogP contribution in [0, 0.1) is 12.8 Å². The molecular formula is C15H26ClN3. The zero-order valence-electron chi connectivity index (χ0n) is 12.4. The number of likely N-dealkylation sites (N-methyl/N-ethyl adjacent to an activating group) is 1. The van der Waals surface area contributed by atoms with Crippen LogP contribution >= 0.6 is 11.6 Å². The van der Waals surface area contributed by atoms with Gasteiger partial charge in [0.2, 0.25) is 0 Å². The van der Waals surface area contributed by atoms with E-state index in [4.69, 9.17) is 11.6 Å². The number of halogens is 1. The molecule has 1 aliphatic rings. The SMILES string of the molecule is CCn1nc(C)c(Cl)c1CC(NC)C1CCCCC1. The number of rotatable bonds is 5. The maximum Gasteiger partial charge on any atom is 0.0847 e. The van der Waals surface area contributed by atoms with Crippen LogP contribution in [-0.2, 0) is 13.0 Å². The lowest BCUT2D eigenvalue weighted by Crippen LogP contribution is -2.37. The second-order valence-electron chi connectivity index (χ2n) is 5.66. The van der Waals surface area contributed by atoms with Crippen molar-refractivity contribution in [3.63, 3.8) is 0 Å². The first-order valence-electron chi connectivity index (χ1n) is 7.56.